The molecule has 0 saturated carbocycles. The summed E-state index contributed by atoms with van der Waals surface area (Å²) < 4.78 is 51.4. The molecule has 0 bridgehead atoms. The molecule has 2 N–H and O–H groups in total. The summed E-state index contributed by atoms with van der Waals surface area (Å²) in [4.78, 5) is 15.5. The fourth-order valence-corrected chi connectivity index (χ4v) is 2.19. The first-order chi connectivity index (χ1) is 12.3. The van der Waals surface area contributed by atoms with E-state index >= 15 is 0 Å². The number of allylic oxidation sites excluding steroid dienone is 1. The van der Waals surface area contributed by atoms with Gasteiger partial charge in [-0.1, -0.05) is 12.1 Å². The van der Waals surface area contributed by atoms with Gasteiger partial charge in [0.1, 0.15) is 11.6 Å². The average Bonchev–Trinajstić information content (AvgIpc) is 2.58. The van der Waals surface area contributed by atoms with Gasteiger partial charge in [0.05, 0.1) is 5.56 Å². The first-order valence-electron chi connectivity index (χ1n) is 7.75. The van der Waals surface area contributed by atoms with Crippen LogP contribution in [-0.2, 0) is 11.0 Å². The zero-order valence-corrected chi connectivity index (χ0v) is 13.9. The van der Waals surface area contributed by atoms with E-state index < -0.39 is 17.6 Å². The van der Waals surface area contributed by atoms with Crippen molar-refractivity contribution in [2.24, 2.45) is 0 Å². The van der Waals surface area contributed by atoms with Crippen LogP contribution < -0.4 is 10.6 Å². The van der Waals surface area contributed by atoms with Crippen molar-refractivity contribution in [3.05, 3.63) is 65.6 Å². The van der Waals surface area contributed by atoms with Gasteiger partial charge in [-0.2, -0.15) is 13.2 Å². The molecule has 0 radical (unpaired) electrons. The number of pyridine rings is 1. The van der Waals surface area contributed by atoms with E-state index in [9.17, 15) is 22.4 Å². The summed E-state index contributed by atoms with van der Waals surface area (Å²) in [5, 5.41) is 5.12. The first-order valence-corrected chi connectivity index (χ1v) is 7.75. The minimum absolute atomic E-state index is 0.0786. The summed E-state index contributed by atoms with van der Waals surface area (Å²) in [5.41, 5.74) is 0.473. The van der Waals surface area contributed by atoms with E-state index in [-0.39, 0.29) is 24.7 Å². The van der Waals surface area contributed by atoms with Crippen LogP contribution in [0.5, 0.6) is 0 Å². The third-order valence-corrected chi connectivity index (χ3v) is 3.48. The van der Waals surface area contributed by atoms with Crippen molar-refractivity contribution >= 4 is 17.3 Å². The van der Waals surface area contributed by atoms with Crippen molar-refractivity contribution in [3.8, 4) is 0 Å². The molecule has 1 aromatic carbocycles. The number of carbonyl (C=O) groups excluding carboxylic acids is 1. The molecule has 0 fully saturated rings. The highest BCUT2D eigenvalue weighted by Gasteiger charge is 2.33. The maximum Gasteiger partial charge on any atom is 0.419 e. The molecule has 0 spiro atoms. The lowest BCUT2D eigenvalue weighted by atomic mass is 10.1. The molecule has 0 aliphatic carbocycles. The molecule has 0 aliphatic heterocycles. The Morgan fingerprint density at radius 3 is 2.50 bits per heavy atom. The number of carbonyl (C=O) groups is 1. The Hall–Kier alpha value is -2.90. The van der Waals surface area contributed by atoms with E-state index in [4.69, 9.17) is 0 Å². The molecule has 0 unspecified atom stereocenters. The second-order valence-corrected chi connectivity index (χ2v) is 5.45. The Morgan fingerprint density at radius 2 is 1.85 bits per heavy atom. The average molecular weight is 367 g/mol. The molecule has 2 aromatic rings. The minimum atomic E-state index is -4.51. The number of hydrogen-bond donors (Lipinski definition) is 2. The number of rotatable bonds is 6. The van der Waals surface area contributed by atoms with Crippen LogP contribution in [0.4, 0.5) is 23.4 Å². The van der Waals surface area contributed by atoms with Gasteiger partial charge in [-0.3, -0.25) is 4.79 Å². The van der Waals surface area contributed by atoms with E-state index in [0.29, 0.717) is 11.1 Å². The monoisotopic (exact) mass is 367 g/mol. The molecule has 8 heteroatoms. The topological polar surface area (TPSA) is 54.0 Å². The molecular formula is C18H17F4N3O. The quantitative estimate of drug-likeness (QED) is 0.463. The van der Waals surface area contributed by atoms with Crippen LogP contribution in [0.3, 0.4) is 0 Å². The highest BCUT2D eigenvalue weighted by atomic mass is 19.4. The van der Waals surface area contributed by atoms with Crippen LogP contribution in [0, 0.1) is 5.82 Å². The van der Waals surface area contributed by atoms with Crippen molar-refractivity contribution in [1.82, 2.24) is 10.3 Å². The maximum atomic E-state index is 12.9. The number of anilines is 1. The third kappa shape index (κ3) is 5.58. The van der Waals surface area contributed by atoms with Gasteiger partial charge in [0.15, 0.2) is 0 Å². The summed E-state index contributed by atoms with van der Waals surface area (Å²) >= 11 is 0. The van der Waals surface area contributed by atoms with E-state index in [1.165, 1.54) is 30.5 Å². The molecule has 138 valence electrons. The van der Waals surface area contributed by atoms with Gasteiger partial charge in [-0.25, -0.2) is 9.37 Å². The molecule has 0 saturated heterocycles. The standard InChI is InChI=1S/C18H17F4N3O/c1-12(13-4-6-14(19)7-5-13)11-16(26)23-9-10-25-17-15(18(20,21)22)3-2-8-24-17/h2-8,11H,9-10H2,1H3,(H,23,26)(H,24,25)/b12-11+. The van der Waals surface area contributed by atoms with Crippen LogP contribution in [0.1, 0.15) is 18.1 Å². The summed E-state index contributed by atoms with van der Waals surface area (Å²) in [6, 6.07) is 7.83. The molecule has 0 aliphatic rings. The number of benzene rings is 1. The Morgan fingerprint density at radius 1 is 1.15 bits per heavy atom. The van der Waals surface area contributed by atoms with Gasteiger partial charge in [0, 0.05) is 25.4 Å². The van der Waals surface area contributed by atoms with Gasteiger partial charge in [-0.05, 0) is 42.3 Å². The third-order valence-electron chi connectivity index (χ3n) is 3.48. The predicted octanol–water partition coefficient (Wildman–Crippen LogP) is 3.87. The predicted molar refractivity (Wildman–Crippen MR) is 90.8 cm³/mol. The smallest absolute Gasteiger partial charge is 0.368 e. The summed E-state index contributed by atoms with van der Waals surface area (Å²) in [7, 11) is 0. The molecule has 4 nitrogen and oxygen atoms in total. The van der Waals surface area contributed by atoms with Crippen molar-refractivity contribution in [2.75, 3.05) is 18.4 Å². The van der Waals surface area contributed by atoms with Crippen molar-refractivity contribution in [3.63, 3.8) is 0 Å². The number of aromatic nitrogens is 1. The van der Waals surface area contributed by atoms with Crippen molar-refractivity contribution < 1.29 is 22.4 Å². The number of nitrogens with one attached hydrogen (secondary N) is 2. The molecule has 1 amide bonds. The Bertz CT molecular complexity index is 786. The summed E-state index contributed by atoms with van der Waals surface area (Å²) in [6.45, 7) is 1.89. The number of nitrogens with zero attached hydrogens (tertiary/aromatic N) is 1. The Kier molecular flexibility index (Phi) is 6.32. The fraction of sp³-hybridized carbons (Fsp3) is 0.222. The van der Waals surface area contributed by atoms with Gasteiger partial charge < -0.3 is 10.6 Å². The van der Waals surface area contributed by atoms with Crippen LogP contribution in [0.2, 0.25) is 0 Å². The Balaban J connectivity index is 1.86. The second-order valence-electron chi connectivity index (χ2n) is 5.45. The first kappa shape index (κ1) is 19.4. The van der Waals surface area contributed by atoms with Crippen LogP contribution in [0.25, 0.3) is 5.57 Å². The summed E-state index contributed by atoms with van der Waals surface area (Å²) in [5.74, 6) is -1.05. The van der Waals surface area contributed by atoms with E-state index in [1.807, 2.05) is 0 Å². The van der Waals surface area contributed by atoms with E-state index in [0.717, 1.165) is 6.07 Å². The van der Waals surface area contributed by atoms with Crippen LogP contribution in [-0.4, -0.2) is 24.0 Å². The van der Waals surface area contributed by atoms with Gasteiger partial charge in [-0.15, -0.1) is 0 Å². The molecule has 1 aromatic heterocycles. The zero-order valence-electron chi connectivity index (χ0n) is 13.9. The second kappa shape index (κ2) is 8.46. The minimum Gasteiger partial charge on any atom is -0.368 e. The van der Waals surface area contributed by atoms with Crippen LogP contribution in [0.15, 0.2) is 48.7 Å². The highest BCUT2D eigenvalue weighted by molar-refractivity contribution is 5.94. The number of alkyl halides is 3. The highest BCUT2D eigenvalue weighted by Crippen LogP contribution is 2.33. The fourth-order valence-electron chi connectivity index (χ4n) is 2.19. The van der Waals surface area contributed by atoms with Crippen molar-refractivity contribution in [2.45, 2.75) is 13.1 Å². The lowest BCUT2D eigenvalue weighted by Crippen LogP contribution is -2.28. The number of amides is 1. The number of hydrogen-bond acceptors (Lipinski definition) is 3. The van der Waals surface area contributed by atoms with E-state index in [1.54, 1.807) is 19.1 Å². The maximum absolute atomic E-state index is 12.9. The molecule has 1 heterocycles. The van der Waals surface area contributed by atoms with Gasteiger partial charge >= 0.3 is 6.18 Å². The molecule has 2 rings (SSSR count). The molecule has 26 heavy (non-hydrogen) atoms. The molecular weight excluding hydrogens is 350 g/mol. The summed E-state index contributed by atoms with van der Waals surface area (Å²) in [6.07, 6.45) is -1.91. The zero-order chi connectivity index (χ0) is 19.2. The van der Waals surface area contributed by atoms with Crippen molar-refractivity contribution in [1.29, 1.82) is 0 Å². The lowest BCUT2D eigenvalue weighted by molar-refractivity contribution is -0.137. The normalized spacial score (nSPS) is 12.0. The molecule has 0 atom stereocenters. The lowest BCUT2D eigenvalue weighted by Gasteiger charge is -2.13. The number of halogens is 4. The Labute approximate surface area is 147 Å². The van der Waals surface area contributed by atoms with Gasteiger partial charge in [0.2, 0.25) is 5.91 Å². The largest absolute Gasteiger partial charge is 0.419 e. The van der Waals surface area contributed by atoms with Crippen LogP contribution >= 0.6 is 0 Å². The van der Waals surface area contributed by atoms with Gasteiger partial charge in [0.25, 0.3) is 0 Å². The van der Waals surface area contributed by atoms with E-state index in [2.05, 4.69) is 15.6 Å². The SMILES string of the molecule is C/C(=C\C(=O)NCCNc1ncccc1C(F)(F)F)c1ccc(F)cc1.